The van der Waals surface area contributed by atoms with Gasteiger partial charge in [0.15, 0.2) is 0 Å². The SMILES string of the molecule is O=C(c1c(-c2ccc(F)cc2)nc2scnn12)C(F)(F)F. The maximum Gasteiger partial charge on any atom is 0.456 e. The Morgan fingerprint density at radius 3 is 2.48 bits per heavy atom. The first kappa shape index (κ1) is 13.7. The summed E-state index contributed by atoms with van der Waals surface area (Å²) in [4.78, 5) is 15.7. The van der Waals surface area contributed by atoms with Gasteiger partial charge in [0.05, 0.1) is 0 Å². The Kier molecular flexibility index (Phi) is 3.01. The summed E-state index contributed by atoms with van der Waals surface area (Å²) in [5.74, 6) is -2.58. The van der Waals surface area contributed by atoms with Crippen molar-refractivity contribution in [2.75, 3.05) is 0 Å². The van der Waals surface area contributed by atoms with E-state index in [4.69, 9.17) is 0 Å². The number of fused-ring (bicyclic) bond motifs is 1. The molecule has 0 aliphatic carbocycles. The summed E-state index contributed by atoms with van der Waals surface area (Å²) in [6, 6.07) is 4.68. The molecule has 0 saturated carbocycles. The number of rotatable bonds is 2. The molecular weight excluding hydrogens is 310 g/mol. The van der Waals surface area contributed by atoms with Gasteiger partial charge in [0.2, 0.25) is 4.96 Å². The van der Waals surface area contributed by atoms with Gasteiger partial charge in [-0.3, -0.25) is 4.79 Å². The Balaban J connectivity index is 2.25. The van der Waals surface area contributed by atoms with E-state index in [1.807, 2.05) is 0 Å². The van der Waals surface area contributed by atoms with Gasteiger partial charge in [0.1, 0.15) is 22.7 Å². The maximum atomic E-state index is 12.9. The highest BCUT2D eigenvalue weighted by Crippen LogP contribution is 2.31. The van der Waals surface area contributed by atoms with E-state index in [9.17, 15) is 22.4 Å². The lowest BCUT2D eigenvalue weighted by atomic mass is 10.1. The number of aromatic nitrogens is 3. The van der Waals surface area contributed by atoms with Crippen molar-refractivity contribution >= 4 is 22.1 Å². The van der Waals surface area contributed by atoms with E-state index in [2.05, 4.69) is 10.1 Å². The van der Waals surface area contributed by atoms with Gasteiger partial charge in [-0.1, -0.05) is 11.3 Å². The largest absolute Gasteiger partial charge is 0.456 e. The van der Waals surface area contributed by atoms with Crippen LogP contribution in [0, 0.1) is 5.82 Å². The molecule has 4 nitrogen and oxygen atoms in total. The summed E-state index contributed by atoms with van der Waals surface area (Å²) in [5.41, 5.74) is 0.646. The van der Waals surface area contributed by atoms with Gasteiger partial charge in [-0.05, 0) is 24.3 Å². The topological polar surface area (TPSA) is 47.3 Å². The monoisotopic (exact) mass is 315 g/mol. The average molecular weight is 315 g/mol. The van der Waals surface area contributed by atoms with Crippen LogP contribution in [0.15, 0.2) is 29.8 Å². The van der Waals surface area contributed by atoms with Crippen LogP contribution in [-0.4, -0.2) is 26.6 Å². The maximum absolute atomic E-state index is 12.9. The number of hydrogen-bond donors (Lipinski definition) is 0. The summed E-state index contributed by atoms with van der Waals surface area (Å²) >= 11 is 0.995. The first-order valence-electron chi connectivity index (χ1n) is 5.57. The molecule has 108 valence electrons. The Labute approximate surface area is 118 Å². The van der Waals surface area contributed by atoms with Gasteiger partial charge < -0.3 is 0 Å². The van der Waals surface area contributed by atoms with Crippen LogP contribution in [0.5, 0.6) is 0 Å². The molecule has 0 fully saturated rings. The number of carbonyl (C=O) groups excluding carboxylic acids is 1. The van der Waals surface area contributed by atoms with E-state index >= 15 is 0 Å². The Hall–Kier alpha value is -2.29. The first-order chi connectivity index (χ1) is 9.88. The molecule has 0 bridgehead atoms. The average Bonchev–Trinajstić information content (AvgIpc) is 2.97. The second kappa shape index (κ2) is 4.62. The minimum atomic E-state index is -5.05. The minimum absolute atomic E-state index is 0.155. The molecule has 3 aromatic rings. The van der Waals surface area contributed by atoms with Crippen LogP contribution in [-0.2, 0) is 0 Å². The second-order valence-corrected chi connectivity index (χ2v) is 4.89. The fraction of sp³-hybridized carbons (Fsp3) is 0.0833. The van der Waals surface area contributed by atoms with Crippen LogP contribution >= 0.6 is 11.3 Å². The first-order valence-corrected chi connectivity index (χ1v) is 6.45. The number of alkyl halides is 3. The van der Waals surface area contributed by atoms with Crippen molar-refractivity contribution in [1.29, 1.82) is 0 Å². The van der Waals surface area contributed by atoms with E-state index in [1.165, 1.54) is 17.6 Å². The predicted octanol–water partition coefficient (Wildman–Crippen LogP) is 3.34. The molecule has 0 spiro atoms. The molecule has 2 heterocycles. The van der Waals surface area contributed by atoms with Gasteiger partial charge in [0, 0.05) is 5.56 Å². The molecular formula is C12H5F4N3OS. The van der Waals surface area contributed by atoms with Gasteiger partial charge in [-0.15, -0.1) is 0 Å². The molecule has 0 aliphatic heterocycles. The highest BCUT2D eigenvalue weighted by atomic mass is 32.1. The molecule has 0 N–H and O–H groups in total. The molecule has 0 unspecified atom stereocenters. The lowest BCUT2D eigenvalue weighted by Crippen LogP contribution is -2.25. The number of Topliss-reactive ketones (excluding diaryl/α,β-unsaturated/α-hetero) is 1. The quantitative estimate of drug-likeness (QED) is 0.538. The number of hydrogen-bond acceptors (Lipinski definition) is 4. The van der Waals surface area contributed by atoms with Crippen LogP contribution in [0.2, 0.25) is 0 Å². The Morgan fingerprint density at radius 1 is 1.19 bits per heavy atom. The zero-order valence-corrected chi connectivity index (χ0v) is 10.9. The molecule has 21 heavy (non-hydrogen) atoms. The number of ketones is 1. The number of carbonyl (C=O) groups is 1. The van der Waals surface area contributed by atoms with E-state index in [0.29, 0.717) is 0 Å². The van der Waals surface area contributed by atoms with Crippen molar-refractivity contribution < 1.29 is 22.4 Å². The third kappa shape index (κ3) is 2.29. The van der Waals surface area contributed by atoms with Crippen molar-refractivity contribution in [3.63, 3.8) is 0 Å². The smallest absolute Gasteiger partial charge is 0.282 e. The number of halogens is 4. The van der Waals surface area contributed by atoms with E-state index in [-0.39, 0.29) is 16.2 Å². The lowest BCUT2D eigenvalue weighted by Gasteiger charge is -2.06. The molecule has 0 aliphatic rings. The van der Waals surface area contributed by atoms with Crippen molar-refractivity contribution in [3.05, 3.63) is 41.3 Å². The van der Waals surface area contributed by atoms with Crippen LogP contribution in [0.25, 0.3) is 16.2 Å². The fourth-order valence-corrected chi connectivity index (χ4v) is 2.46. The van der Waals surface area contributed by atoms with Crippen molar-refractivity contribution in [2.45, 2.75) is 6.18 Å². The van der Waals surface area contributed by atoms with Crippen LogP contribution in [0.4, 0.5) is 17.6 Å². The van der Waals surface area contributed by atoms with Crippen LogP contribution in [0.1, 0.15) is 10.5 Å². The molecule has 0 amide bonds. The standard InChI is InChI=1S/C12H5F4N3OS/c13-7-3-1-6(2-4-7)8-9(10(20)12(14,15)16)19-11(18-8)21-5-17-19/h1-5H. The molecule has 0 atom stereocenters. The molecule has 2 aromatic heterocycles. The third-order valence-corrected chi connectivity index (χ3v) is 3.41. The highest BCUT2D eigenvalue weighted by Gasteiger charge is 2.43. The normalized spacial score (nSPS) is 12.0. The summed E-state index contributed by atoms with van der Waals surface area (Å²) in [5, 5.41) is 3.69. The fourth-order valence-electron chi connectivity index (χ4n) is 1.84. The van der Waals surface area contributed by atoms with Crippen LogP contribution in [0.3, 0.4) is 0 Å². The molecule has 0 radical (unpaired) electrons. The molecule has 3 rings (SSSR count). The minimum Gasteiger partial charge on any atom is -0.282 e. The van der Waals surface area contributed by atoms with Gasteiger partial charge in [0.25, 0.3) is 5.78 Å². The van der Waals surface area contributed by atoms with Gasteiger partial charge in [-0.2, -0.15) is 22.8 Å². The number of imidazole rings is 1. The summed E-state index contributed by atoms with van der Waals surface area (Å²) < 4.78 is 52.0. The Bertz CT molecular complexity index is 819. The van der Waals surface area contributed by atoms with E-state index in [0.717, 1.165) is 28.0 Å². The van der Waals surface area contributed by atoms with E-state index < -0.39 is 23.5 Å². The van der Waals surface area contributed by atoms with Gasteiger partial charge in [-0.25, -0.2) is 9.37 Å². The molecule has 1 aromatic carbocycles. The zero-order chi connectivity index (χ0) is 15.2. The van der Waals surface area contributed by atoms with Crippen molar-refractivity contribution in [2.24, 2.45) is 0 Å². The molecule has 0 saturated heterocycles. The predicted molar refractivity (Wildman–Crippen MR) is 66.6 cm³/mol. The summed E-state index contributed by atoms with van der Waals surface area (Å²) in [6.45, 7) is 0. The Morgan fingerprint density at radius 2 is 1.86 bits per heavy atom. The highest BCUT2D eigenvalue weighted by molar-refractivity contribution is 7.14. The number of benzene rings is 1. The summed E-state index contributed by atoms with van der Waals surface area (Å²) in [7, 11) is 0. The second-order valence-electron chi connectivity index (χ2n) is 4.08. The third-order valence-electron chi connectivity index (χ3n) is 2.74. The number of nitrogens with zero attached hydrogens (tertiary/aromatic N) is 3. The van der Waals surface area contributed by atoms with Crippen molar-refractivity contribution in [3.8, 4) is 11.3 Å². The lowest BCUT2D eigenvalue weighted by molar-refractivity contribution is -0.0889. The molecule has 9 heteroatoms. The summed E-state index contributed by atoms with van der Waals surface area (Å²) in [6.07, 6.45) is -5.05. The van der Waals surface area contributed by atoms with Crippen molar-refractivity contribution in [1.82, 2.24) is 14.6 Å². The van der Waals surface area contributed by atoms with Gasteiger partial charge >= 0.3 is 6.18 Å². The zero-order valence-electron chi connectivity index (χ0n) is 10.1. The van der Waals surface area contributed by atoms with E-state index in [1.54, 1.807) is 0 Å². The van der Waals surface area contributed by atoms with Crippen LogP contribution < -0.4 is 0 Å².